The molecule has 0 spiro atoms. The first-order valence-corrected chi connectivity index (χ1v) is 8.74. The second-order valence-electron chi connectivity index (χ2n) is 6.16. The summed E-state index contributed by atoms with van der Waals surface area (Å²) in [4.78, 5) is 23.8. The van der Waals surface area contributed by atoms with Gasteiger partial charge in [-0.2, -0.15) is 0 Å². The molecule has 2 aromatic rings. The van der Waals surface area contributed by atoms with Gasteiger partial charge in [0.2, 0.25) is 0 Å². The molecule has 1 aliphatic rings. The highest BCUT2D eigenvalue weighted by Gasteiger charge is 2.30. The van der Waals surface area contributed by atoms with Gasteiger partial charge in [-0.1, -0.05) is 28.9 Å². The van der Waals surface area contributed by atoms with Crippen LogP contribution in [0.2, 0.25) is 5.02 Å². The number of amides is 1. The summed E-state index contributed by atoms with van der Waals surface area (Å²) in [6, 6.07) is 8.55. The molecule has 138 valence electrons. The number of benzene rings is 1. The lowest BCUT2D eigenvalue weighted by Crippen LogP contribution is -2.39. The van der Waals surface area contributed by atoms with E-state index < -0.39 is 17.8 Å². The van der Waals surface area contributed by atoms with E-state index in [9.17, 15) is 14.7 Å². The number of aliphatic carboxylic acids is 1. The van der Waals surface area contributed by atoms with Crippen molar-refractivity contribution in [2.24, 2.45) is 11.8 Å². The van der Waals surface area contributed by atoms with E-state index in [2.05, 4.69) is 10.5 Å². The van der Waals surface area contributed by atoms with E-state index in [1.165, 1.54) is 6.07 Å². The minimum atomic E-state index is -0.922. The molecular formula is C18H19ClN2O5. The van der Waals surface area contributed by atoms with Gasteiger partial charge >= 0.3 is 5.97 Å². The first-order chi connectivity index (χ1) is 12.6. The maximum absolute atomic E-state index is 12.3. The number of carboxylic acids is 1. The Morgan fingerprint density at radius 1 is 1.31 bits per heavy atom. The third-order valence-electron chi connectivity index (χ3n) is 4.52. The third kappa shape index (κ3) is 4.23. The molecule has 1 unspecified atom stereocenters. The van der Waals surface area contributed by atoms with Crippen molar-refractivity contribution in [3.05, 3.63) is 41.0 Å². The van der Waals surface area contributed by atoms with Crippen LogP contribution in [-0.4, -0.2) is 41.9 Å². The number of aromatic nitrogens is 1. The summed E-state index contributed by atoms with van der Waals surface area (Å²) in [5.41, 5.74) is 0.711. The number of hydrogen-bond donors (Lipinski definition) is 2. The number of ether oxygens (including phenoxy) is 1. The van der Waals surface area contributed by atoms with Crippen molar-refractivity contribution in [3.63, 3.8) is 0 Å². The van der Waals surface area contributed by atoms with E-state index in [0.29, 0.717) is 42.4 Å². The average Bonchev–Trinajstić information content (AvgIpc) is 3.13. The second-order valence-corrected chi connectivity index (χ2v) is 6.57. The topological polar surface area (TPSA) is 102 Å². The Morgan fingerprint density at radius 3 is 2.73 bits per heavy atom. The van der Waals surface area contributed by atoms with E-state index in [0.717, 1.165) is 0 Å². The molecule has 2 heterocycles. The average molecular weight is 379 g/mol. The summed E-state index contributed by atoms with van der Waals surface area (Å²) in [6.45, 7) is 1.13. The number of nitrogens with zero attached hydrogens (tertiary/aromatic N) is 1. The van der Waals surface area contributed by atoms with Gasteiger partial charge in [0.25, 0.3) is 5.91 Å². The Hall–Kier alpha value is -2.38. The maximum Gasteiger partial charge on any atom is 0.308 e. The number of carbonyl (C=O) groups excluding carboxylic acids is 1. The molecule has 1 amide bonds. The van der Waals surface area contributed by atoms with Gasteiger partial charge in [0.1, 0.15) is 0 Å². The van der Waals surface area contributed by atoms with Gasteiger partial charge in [-0.3, -0.25) is 9.59 Å². The van der Waals surface area contributed by atoms with Gasteiger partial charge in [-0.15, -0.1) is 0 Å². The zero-order valence-electron chi connectivity index (χ0n) is 14.0. The van der Waals surface area contributed by atoms with E-state index in [1.54, 1.807) is 24.3 Å². The highest BCUT2D eigenvalue weighted by atomic mass is 35.5. The lowest BCUT2D eigenvalue weighted by molar-refractivity contribution is -0.144. The SMILES string of the molecule is O=C(NCC(C(=O)O)C1CCOCC1)c1cc(-c2ccccc2Cl)on1. The standard InChI is InChI=1S/C18H19ClN2O5/c19-14-4-2-1-3-12(14)16-9-15(21-26-16)17(22)20-10-13(18(23)24)11-5-7-25-8-6-11/h1-4,9,11,13H,5-8,10H2,(H,20,22)(H,23,24). The highest BCUT2D eigenvalue weighted by molar-refractivity contribution is 6.33. The Balaban J connectivity index is 1.64. The molecule has 0 radical (unpaired) electrons. The van der Waals surface area contributed by atoms with Crippen molar-refractivity contribution in [1.82, 2.24) is 10.5 Å². The van der Waals surface area contributed by atoms with Gasteiger partial charge in [0.15, 0.2) is 11.5 Å². The summed E-state index contributed by atoms with van der Waals surface area (Å²) in [6.07, 6.45) is 1.35. The number of hydrogen-bond acceptors (Lipinski definition) is 5. The Morgan fingerprint density at radius 2 is 2.04 bits per heavy atom. The van der Waals surface area contributed by atoms with Gasteiger partial charge in [-0.25, -0.2) is 0 Å². The van der Waals surface area contributed by atoms with E-state index in [4.69, 9.17) is 20.9 Å². The lowest BCUT2D eigenvalue weighted by Gasteiger charge is -2.27. The van der Waals surface area contributed by atoms with Crippen LogP contribution in [-0.2, 0) is 9.53 Å². The van der Waals surface area contributed by atoms with E-state index in [-0.39, 0.29) is 18.2 Å². The summed E-state index contributed by atoms with van der Waals surface area (Å²) < 4.78 is 10.5. The predicted octanol–water partition coefficient (Wildman–Crippen LogP) is 2.85. The molecule has 1 fully saturated rings. The second kappa shape index (κ2) is 8.33. The Bertz CT molecular complexity index is 785. The molecule has 1 saturated heterocycles. The smallest absolute Gasteiger partial charge is 0.308 e. The first kappa shape index (κ1) is 18.4. The minimum Gasteiger partial charge on any atom is -0.481 e. The molecule has 2 N–H and O–H groups in total. The fraction of sp³-hybridized carbons (Fsp3) is 0.389. The molecule has 1 atom stereocenters. The molecule has 3 rings (SSSR count). The van der Waals surface area contributed by atoms with Crippen molar-refractivity contribution >= 4 is 23.5 Å². The molecule has 0 bridgehead atoms. The molecule has 1 aromatic carbocycles. The minimum absolute atomic E-state index is 0.0162. The van der Waals surface area contributed by atoms with E-state index in [1.807, 2.05) is 0 Å². The molecule has 0 saturated carbocycles. The highest BCUT2D eigenvalue weighted by Crippen LogP contribution is 2.28. The molecule has 8 heteroatoms. The van der Waals surface area contributed by atoms with Gasteiger partial charge in [0.05, 0.1) is 10.9 Å². The monoisotopic (exact) mass is 378 g/mol. The quantitative estimate of drug-likeness (QED) is 0.801. The van der Waals surface area contributed by atoms with Crippen molar-refractivity contribution in [1.29, 1.82) is 0 Å². The van der Waals surface area contributed by atoms with Crippen LogP contribution >= 0.6 is 11.6 Å². The van der Waals surface area contributed by atoms with Crippen LogP contribution in [0.5, 0.6) is 0 Å². The van der Waals surface area contributed by atoms with Crippen molar-refractivity contribution < 1.29 is 24.0 Å². The van der Waals surface area contributed by atoms with Crippen LogP contribution < -0.4 is 5.32 Å². The predicted molar refractivity (Wildman–Crippen MR) is 94.0 cm³/mol. The maximum atomic E-state index is 12.3. The van der Waals surface area contributed by atoms with Gasteiger partial charge < -0.3 is 19.7 Å². The molecular weight excluding hydrogens is 360 g/mol. The zero-order valence-corrected chi connectivity index (χ0v) is 14.7. The van der Waals surface area contributed by atoms with Crippen LogP contribution in [0.15, 0.2) is 34.9 Å². The van der Waals surface area contributed by atoms with Crippen LogP contribution in [0.1, 0.15) is 23.3 Å². The van der Waals surface area contributed by atoms with Gasteiger partial charge in [-0.05, 0) is 30.9 Å². The molecule has 26 heavy (non-hydrogen) atoms. The van der Waals surface area contributed by atoms with Crippen molar-refractivity contribution in [2.75, 3.05) is 19.8 Å². The zero-order chi connectivity index (χ0) is 18.5. The Kier molecular flexibility index (Phi) is 5.90. The number of nitrogens with one attached hydrogen (secondary N) is 1. The lowest BCUT2D eigenvalue weighted by atomic mass is 9.86. The number of carbonyl (C=O) groups is 2. The van der Waals surface area contributed by atoms with Crippen LogP contribution in [0.4, 0.5) is 0 Å². The molecule has 1 aromatic heterocycles. The largest absolute Gasteiger partial charge is 0.481 e. The molecule has 1 aliphatic heterocycles. The normalized spacial score (nSPS) is 16.2. The van der Waals surface area contributed by atoms with Crippen LogP contribution in [0.3, 0.4) is 0 Å². The van der Waals surface area contributed by atoms with Gasteiger partial charge in [0, 0.05) is 31.4 Å². The number of rotatable bonds is 6. The van der Waals surface area contributed by atoms with Crippen LogP contribution in [0, 0.1) is 11.8 Å². The number of halogens is 1. The molecule has 7 nitrogen and oxygen atoms in total. The summed E-state index contributed by atoms with van der Waals surface area (Å²) in [7, 11) is 0. The summed E-state index contributed by atoms with van der Waals surface area (Å²) in [5, 5.41) is 16.3. The van der Waals surface area contributed by atoms with Crippen LogP contribution in [0.25, 0.3) is 11.3 Å². The summed E-state index contributed by atoms with van der Waals surface area (Å²) in [5.74, 6) is -1.70. The fourth-order valence-electron chi connectivity index (χ4n) is 3.04. The summed E-state index contributed by atoms with van der Waals surface area (Å²) >= 11 is 6.11. The van der Waals surface area contributed by atoms with Crippen molar-refractivity contribution in [2.45, 2.75) is 12.8 Å². The van der Waals surface area contributed by atoms with Crippen molar-refractivity contribution in [3.8, 4) is 11.3 Å². The molecule has 0 aliphatic carbocycles. The number of carboxylic acid groups (broad SMARTS) is 1. The Labute approximate surface area is 155 Å². The van der Waals surface area contributed by atoms with E-state index >= 15 is 0 Å². The fourth-order valence-corrected chi connectivity index (χ4v) is 3.27. The first-order valence-electron chi connectivity index (χ1n) is 8.36. The third-order valence-corrected chi connectivity index (χ3v) is 4.85.